The lowest BCUT2D eigenvalue weighted by Crippen LogP contribution is -2.36. The van der Waals surface area contributed by atoms with Crippen LogP contribution < -0.4 is 5.32 Å². The summed E-state index contributed by atoms with van der Waals surface area (Å²) in [7, 11) is 0. The molecular weight excluding hydrogens is 267 g/mol. The van der Waals surface area contributed by atoms with Crippen LogP contribution in [0.25, 0.3) is 0 Å². The van der Waals surface area contributed by atoms with Gasteiger partial charge in [-0.3, -0.25) is 4.90 Å². The number of rotatable bonds is 3. The highest BCUT2D eigenvalue weighted by atomic mass is 35.5. The number of hydrogen-bond acceptors (Lipinski definition) is 2. The van der Waals surface area contributed by atoms with Crippen molar-refractivity contribution >= 4 is 23.2 Å². The van der Waals surface area contributed by atoms with E-state index in [1.165, 1.54) is 12.8 Å². The van der Waals surface area contributed by atoms with Crippen LogP contribution in [-0.4, -0.2) is 30.6 Å². The number of benzene rings is 1. The Kier molecular flexibility index (Phi) is 5.31. The fourth-order valence-corrected chi connectivity index (χ4v) is 2.85. The van der Waals surface area contributed by atoms with E-state index in [1.54, 1.807) is 0 Å². The molecule has 1 aromatic rings. The predicted molar refractivity (Wildman–Crippen MR) is 78.4 cm³/mol. The molecule has 1 aliphatic rings. The van der Waals surface area contributed by atoms with Gasteiger partial charge in [0.05, 0.1) is 0 Å². The van der Waals surface area contributed by atoms with Crippen LogP contribution in [0.4, 0.5) is 0 Å². The van der Waals surface area contributed by atoms with Gasteiger partial charge in [0, 0.05) is 29.2 Å². The lowest BCUT2D eigenvalue weighted by atomic mass is 10.1. The Morgan fingerprint density at radius 2 is 2.22 bits per heavy atom. The third-order valence-electron chi connectivity index (χ3n) is 3.46. The number of hydrogen-bond donors (Lipinski definition) is 1. The average Bonchev–Trinajstić information content (AvgIpc) is 2.58. The number of nitrogens with one attached hydrogen (secondary N) is 1. The van der Waals surface area contributed by atoms with Gasteiger partial charge >= 0.3 is 0 Å². The van der Waals surface area contributed by atoms with Gasteiger partial charge in [-0.05, 0) is 43.6 Å². The van der Waals surface area contributed by atoms with Crippen LogP contribution in [0, 0.1) is 0 Å². The molecule has 1 aromatic carbocycles. The molecule has 1 heterocycles. The van der Waals surface area contributed by atoms with E-state index in [0.29, 0.717) is 11.1 Å². The summed E-state index contributed by atoms with van der Waals surface area (Å²) in [4.78, 5) is 2.48. The molecule has 1 fully saturated rings. The van der Waals surface area contributed by atoms with Crippen molar-refractivity contribution in [3.63, 3.8) is 0 Å². The van der Waals surface area contributed by atoms with Crippen molar-refractivity contribution in [1.82, 2.24) is 10.2 Å². The Morgan fingerprint density at radius 3 is 2.94 bits per heavy atom. The van der Waals surface area contributed by atoms with Crippen molar-refractivity contribution in [3.8, 4) is 0 Å². The lowest BCUT2D eigenvalue weighted by Gasteiger charge is -2.24. The van der Waals surface area contributed by atoms with Crippen molar-refractivity contribution in [2.24, 2.45) is 0 Å². The maximum Gasteiger partial charge on any atom is 0.0465 e. The molecule has 0 aliphatic carbocycles. The van der Waals surface area contributed by atoms with Gasteiger partial charge in [0.1, 0.15) is 0 Å². The van der Waals surface area contributed by atoms with Gasteiger partial charge in [0.2, 0.25) is 0 Å². The first-order chi connectivity index (χ1) is 8.69. The zero-order chi connectivity index (χ0) is 13.0. The maximum absolute atomic E-state index is 6.23. The largest absolute Gasteiger partial charge is 0.313 e. The van der Waals surface area contributed by atoms with Gasteiger partial charge in [-0.25, -0.2) is 0 Å². The monoisotopic (exact) mass is 286 g/mol. The molecule has 4 heteroatoms. The summed E-state index contributed by atoms with van der Waals surface area (Å²) in [5, 5.41) is 5.05. The van der Waals surface area contributed by atoms with Crippen molar-refractivity contribution in [3.05, 3.63) is 33.8 Å². The van der Waals surface area contributed by atoms with Gasteiger partial charge in [0.15, 0.2) is 0 Å². The second-order valence-electron chi connectivity index (χ2n) is 4.88. The minimum absolute atomic E-state index is 0.596. The third kappa shape index (κ3) is 3.86. The lowest BCUT2D eigenvalue weighted by molar-refractivity contribution is 0.257. The van der Waals surface area contributed by atoms with Crippen molar-refractivity contribution in [1.29, 1.82) is 0 Å². The zero-order valence-electron chi connectivity index (χ0n) is 10.8. The van der Waals surface area contributed by atoms with Gasteiger partial charge < -0.3 is 5.32 Å². The molecule has 0 aromatic heterocycles. The fraction of sp³-hybridized carbons (Fsp3) is 0.571. The Hall–Kier alpha value is -0.280. The van der Waals surface area contributed by atoms with Crippen LogP contribution in [0.15, 0.2) is 18.2 Å². The van der Waals surface area contributed by atoms with E-state index in [2.05, 4.69) is 17.1 Å². The molecular formula is C14H20Cl2N2. The Morgan fingerprint density at radius 1 is 1.39 bits per heavy atom. The van der Waals surface area contributed by atoms with Gasteiger partial charge in [0.25, 0.3) is 0 Å². The zero-order valence-corrected chi connectivity index (χ0v) is 12.3. The Balaban J connectivity index is 2.02. The fourth-order valence-electron chi connectivity index (χ4n) is 2.38. The highest BCUT2D eigenvalue weighted by molar-refractivity contribution is 6.35. The quantitative estimate of drug-likeness (QED) is 0.914. The summed E-state index contributed by atoms with van der Waals surface area (Å²) in [6.45, 7) is 6.48. The van der Waals surface area contributed by atoms with Crippen LogP contribution in [0.3, 0.4) is 0 Å². The molecule has 2 rings (SSSR count). The van der Waals surface area contributed by atoms with E-state index < -0.39 is 0 Å². The molecule has 0 saturated carbocycles. The first-order valence-corrected chi connectivity index (χ1v) is 7.34. The topological polar surface area (TPSA) is 15.3 Å². The van der Waals surface area contributed by atoms with Gasteiger partial charge in [-0.15, -0.1) is 0 Å². The van der Waals surface area contributed by atoms with Crippen LogP contribution in [0.1, 0.15) is 25.3 Å². The van der Waals surface area contributed by atoms with E-state index >= 15 is 0 Å². The molecule has 0 radical (unpaired) electrons. The normalized spacial score (nSPS) is 21.8. The van der Waals surface area contributed by atoms with E-state index in [0.717, 1.165) is 36.8 Å². The summed E-state index contributed by atoms with van der Waals surface area (Å²) >= 11 is 12.2. The second kappa shape index (κ2) is 6.76. The Bertz CT molecular complexity index is 395. The molecule has 1 unspecified atom stereocenters. The SMILES string of the molecule is CCC1CN(Cc2ccc(Cl)cc2Cl)CCCN1. The van der Waals surface area contributed by atoms with Crippen LogP contribution in [0.5, 0.6) is 0 Å². The standard InChI is InChI=1S/C14H20Cl2N2/c1-2-13-10-18(7-3-6-17-13)9-11-4-5-12(15)8-14(11)16/h4-5,8,13,17H,2-3,6-7,9-10H2,1H3. The van der Waals surface area contributed by atoms with Crippen LogP contribution >= 0.6 is 23.2 Å². The summed E-state index contributed by atoms with van der Waals surface area (Å²) in [6.07, 6.45) is 2.37. The predicted octanol–water partition coefficient (Wildman–Crippen LogP) is 3.57. The molecule has 100 valence electrons. The first kappa shape index (κ1) is 14.1. The van der Waals surface area contributed by atoms with E-state index in [9.17, 15) is 0 Å². The molecule has 18 heavy (non-hydrogen) atoms. The maximum atomic E-state index is 6.23. The summed E-state index contributed by atoms with van der Waals surface area (Å²) in [5.74, 6) is 0. The average molecular weight is 287 g/mol. The van der Waals surface area contributed by atoms with Crippen LogP contribution in [0.2, 0.25) is 10.0 Å². The van der Waals surface area contributed by atoms with Crippen molar-refractivity contribution < 1.29 is 0 Å². The van der Waals surface area contributed by atoms with Gasteiger partial charge in [-0.1, -0.05) is 36.2 Å². The molecule has 1 aliphatic heterocycles. The van der Waals surface area contributed by atoms with Crippen molar-refractivity contribution in [2.45, 2.75) is 32.4 Å². The molecule has 1 atom stereocenters. The second-order valence-corrected chi connectivity index (χ2v) is 5.73. The highest BCUT2D eigenvalue weighted by Crippen LogP contribution is 2.22. The number of halogens is 2. The molecule has 0 spiro atoms. The Labute approximate surface area is 119 Å². The molecule has 1 saturated heterocycles. The van der Waals surface area contributed by atoms with Crippen molar-refractivity contribution in [2.75, 3.05) is 19.6 Å². The third-order valence-corrected chi connectivity index (χ3v) is 4.05. The smallest absolute Gasteiger partial charge is 0.0465 e. The summed E-state index contributed by atoms with van der Waals surface area (Å²) in [6, 6.07) is 6.37. The summed E-state index contributed by atoms with van der Waals surface area (Å²) in [5.41, 5.74) is 1.16. The molecule has 0 bridgehead atoms. The minimum atomic E-state index is 0.596. The summed E-state index contributed by atoms with van der Waals surface area (Å²) < 4.78 is 0. The first-order valence-electron chi connectivity index (χ1n) is 6.58. The van der Waals surface area contributed by atoms with Crippen LogP contribution in [-0.2, 0) is 6.54 Å². The van der Waals surface area contributed by atoms with E-state index in [-0.39, 0.29) is 0 Å². The molecule has 2 nitrogen and oxygen atoms in total. The minimum Gasteiger partial charge on any atom is -0.313 e. The highest BCUT2D eigenvalue weighted by Gasteiger charge is 2.17. The van der Waals surface area contributed by atoms with Gasteiger partial charge in [-0.2, -0.15) is 0 Å². The molecule has 0 amide bonds. The van der Waals surface area contributed by atoms with E-state index in [4.69, 9.17) is 23.2 Å². The van der Waals surface area contributed by atoms with E-state index in [1.807, 2.05) is 18.2 Å². The molecule has 1 N–H and O–H groups in total. The number of nitrogens with zero attached hydrogens (tertiary/aromatic N) is 1.